The van der Waals surface area contributed by atoms with Crippen molar-refractivity contribution in [3.63, 3.8) is 0 Å². The fourth-order valence-corrected chi connectivity index (χ4v) is 1.70. The average molecular weight is 215 g/mol. The van der Waals surface area contributed by atoms with E-state index >= 15 is 0 Å². The molecule has 1 N–H and O–H groups in total. The van der Waals surface area contributed by atoms with Gasteiger partial charge in [-0.15, -0.1) is 0 Å². The van der Waals surface area contributed by atoms with Crippen LogP contribution in [0.1, 0.15) is 34.6 Å². The third-order valence-electron chi connectivity index (χ3n) is 2.87. The van der Waals surface area contributed by atoms with E-state index < -0.39 is 11.7 Å². The zero-order chi connectivity index (χ0) is 11.8. The number of aliphatic hydroxyl groups is 1. The summed E-state index contributed by atoms with van der Waals surface area (Å²) in [6.07, 6.45) is -0.772. The molecule has 4 heteroatoms. The van der Waals surface area contributed by atoms with E-state index in [1.807, 2.05) is 34.6 Å². The van der Waals surface area contributed by atoms with Gasteiger partial charge in [0.05, 0.1) is 12.6 Å². The van der Waals surface area contributed by atoms with Gasteiger partial charge in [0, 0.05) is 12.0 Å². The van der Waals surface area contributed by atoms with Gasteiger partial charge in [0.2, 0.25) is 0 Å². The summed E-state index contributed by atoms with van der Waals surface area (Å²) < 4.78 is 5.26. The van der Waals surface area contributed by atoms with E-state index in [0.717, 1.165) is 0 Å². The highest BCUT2D eigenvalue weighted by atomic mass is 16.6. The second kappa shape index (κ2) is 4.00. The Bertz CT molecular complexity index is 247. The van der Waals surface area contributed by atoms with Gasteiger partial charge in [0.25, 0.3) is 0 Å². The molecule has 1 rings (SSSR count). The van der Waals surface area contributed by atoms with Gasteiger partial charge in [0.1, 0.15) is 5.60 Å². The van der Waals surface area contributed by atoms with Crippen LogP contribution in [0.2, 0.25) is 0 Å². The summed E-state index contributed by atoms with van der Waals surface area (Å²) in [4.78, 5) is 13.4. The number of carbonyl (C=O) groups excluding carboxylic acids is 1. The first-order chi connectivity index (χ1) is 6.72. The van der Waals surface area contributed by atoms with Crippen LogP contribution < -0.4 is 0 Å². The van der Waals surface area contributed by atoms with Crippen molar-refractivity contribution in [2.45, 2.75) is 52.4 Å². The lowest BCUT2D eigenvalue weighted by atomic mass is 10.0. The van der Waals surface area contributed by atoms with Gasteiger partial charge in [-0.3, -0.25) is 0 Å². The van der Waals surface area contributed by atoms with Gasteiger partial charge in [-0.1, -0.05) is 6.92 Å². The number of β-amino-alcohol motifs (C(OH)–C–C–N with tert-alkyl or cyclic N) is 1. The number of carbonyl (C=O) groups is 1. The Hall–Kier alpha value is -0.770. The SMILES string of the molecule is C[C@H]1[C@H](O)CN(C(=O)OC(C)(C)C)[C@@H]1C. The van der Waals surface area contributed by atoms with Crippen molar-refractivity contribution in [3.8, 4) is 0 Å². The standard InChI is InChI=1S/C11H21NO3/c1-7-8(2)12(6-9(7)13)10(14)15-11(3,4)5/h7-9,13H,6H2,1-5H3/t7-,8-,9-/m1/s1. The molecule has 1 saturated heterocycles. The van der Waals surface area contributed by atoms with Crippen molar-refractivity contribution in [1.82, 2.24) is 4.90 Å². The molecule has 4 nitrogen and oxygen atoms in total. The minimum atomic E-state index is -0.479. The zero-order valence-corrected chi connectivity index (χ0v) is 10.2. The minimum Gasteiger partial charge on any atom is -0.444 e. The van der Waals surface area contributed by atoms with Crippen LogP contribution in [0.15, 0.2) is 0 Å². The molecule has 0 aromatic carbocycles. The number of ether oxygens (including phenoxy) is 1. The lowest BCUT2D eigenvalue weighted by Gasteiger charge is -2.27. The summed E-state index contributed by atoms with van der Waals surface area (Å²) in [5.74, 6) is 0.109. The predicted molar refractivity (Wildman–Crippen MR) is 57.6 cm³/mol. The molecule has 0 aliphatic carbocycles. The molecule has 0 bridgehead atoms. The van der Waals surface area contributed by atoms with Crippen molar-refractivity contribution in [2.75, 3.05) is 6.54 Å². The van der Waals surface area contributed by atoms with Crippen LogP contribution in [0.4, 0.5) is 4.79 Å². The second-order valence-corrected chi connectivity index (χ2v) is 5.30. The first kappa shape index (κ1) is 12.3. The molecule has 0 aromatic heterocycles. The summed E-state index contributed by atoms with van der Waals surface area (Å²) in [5, 5.41) is 9.64. The first-order valence-corrected chi connectivity index (χ1v) is 5.40. The number of rotatable bonds is 0. The van der Waals surface area contributed by atoms with Crippen molar-refractivity contribution in [1.29, 1.82) is 0 Å². The largest absolute Gasteiger partial charge is 0.444 e. The monoisotopic (exact) mass is 215 g/mol. The van der Waals surface area contributed by atoms with Gasteiger partial charge in [-0.05, 0) is 27.7 Å². The molecule has 3 atom stereocenters. The summed E-state index contributed by atoms with van der Waals surface area (Å²) in [7, 11) is 0. The Morgan fingerprint density at radius 3 is 2.27 bits per heavy atom. The van der Waals surface area contributed by atoms with E-state index in [9.17, 15) is 9.90 Å². The third-order valence-corrected chi connectivity index (χ3v) is 2.87. The van der Waals surface area contributed by atoms with Gasteiger partial charge < -0.3 is 14.7 Å². The molecule has 0 unspecified atom stereocenters. The number of hydrogen-bond acceptors (Lipinski definition) is 3. The molecule has 0 aromatic rings. The molecule has 15 heavy (non-hydrogen) atoms. The lowest BCUT2D eigenvalue weighted by Crippen LogP contribution is -2.39. The van der Waals surface area contributed by atoms with Gasteiger partial charge in [0.15, 0.2) is 0 Å². The number of hydrogen-bond donors (Lipinski definition) is 1. The topological polar surface area (TPSA) is 49.8 Å². The van der Waals surface area contributed by atoms with Crippen molar-refractivity contribution < 1.29 is 14.6 Å². The summed E-state index contributed by atoms with van der Waals surface area (Å²) in [5.41, 5.74) is -0.479. The molecule has 1 fully saturated rings. The number of amides is 1. The quantitative estimate of drug-likeness (QED) is 0.668. The summed E-state index contributed by atoms with van der Waals surface area (Å²) in [6.45, 7) is 9.77. The van der Waals surface area contributed by atoms with Crippen LogP contribution in [0.25, 0.3) is 0 Å². The van der Waals surface area contributed by atoms with E-state index in [1.165, 1.54) is 0 Å². The smallest absolute Gasteiger partial charge is 0.410 e. The van der Waals surface area contributed by atoms with Crippen LogP contribution in [0, 0.1) is 5.92 Å². The maximum atomic E-state index is 11.8. The highest BCUT2D eigenvalue weighted by Gasteiger charge is 2.39. The average Bonchev–Trinajstić information content (AvgIpc) is 2.30. The molecule has 1 amide bonds. The molecular weight excluding hydrogens is 194 g/mol. The maximum absolute atomic E-state index is 11.8. The lowest BCUT2D eigenvalue weighted by molar-refractivity contribution is 0.0215. The molecule has 0 spiro atoms. The van der Waals surface area contributed by atoms with Crippen molar-refractivity contribution in [3.05, 3.63) is 0 Å². The molecule has 0 saturated carbocycles. The van der Waals surface area contributed by atoms with E-state index in [0.29, 0.717) is 6.54 Å². The van der Waals surface area contributed by atoms with E-state index in [4.69, 9.17) is 4.74 Å². The normalized spacial score (nSPS) is 31.9. The Balaban J connectivity index is 2.62. The Morgan fingerprint density at radius 1 is 1.40 bits per heavy atom. The van der Waals surface area contributed by atoms with E-state index in [-0.39, 0.29) is 18.1 Å². The molecule has 0 radical (unpaired) electrons. The molecule has 1 aliphatic rings. The maximum Gasteiger partial charge on any atom is 0.410 e. The summed E-state index contributed by atoms with van der Waals surface area (Å²) >= 11 is 0. The van der Waals surface area contributed by atoms with E-state index in [2.05, 4.69) is 0 Å². The van der Waals surface area contributed by atoms with Crippen molar-refractivity contribution in [2.24, 2.45) is 5.92 Å². The molecule has 1 heterocycles. The zero-order valence-electron chi connectivity index (χ0n) is 10.2. The highest BCUT2D eigenvalue weighted by Crippen LogP contribution is 2.25. The van der Waals surface area contributed by atoms with E-state index in [1.54, 1.807) is 4.90 Å². The number of aliphatic hydroxyl groups excluding tert-OH is 1. The highest BCUT2D eigenvalue weighted by molar-refractivity contribution is 5.69. The Labute approximate surface area is 91.2 Å². The second-order valence-electron chi connectivity index (χ2n) is 5.30. The van der Waals surface area contributed by atoms with Crippen LogP contribution in [0.5, 0.6) is 0 Å². The van der Waals surface area contributed by atoms with Gasteiger partial charge >= 0.3 is 6.09 Å². The Morgan fingerprint density at radius 2 is 1.93 bits per heavy atom. The van der Waals surface area contributed by atoms with Gasteiger partial charge in [-0.2, -0.15) is 0 Å². The Kier molecular flexibility index (Phi) is 3.28. The predicted octanol–water partition coefficient (Wildman–Crippen LogP) is 1.62. The molecule has 88 valence electrons. The van der Waals surface area contributed by atoms with Crippen LogP contribution in [-0.4, -0.2) is 40.4 Å². The number of likely N-dealkylation sites (tertiary alicyclic amines) is 1. The van der Waals surface area contributed by atoms with Crippen molar-refractivity contribution >= 4 is 6.09 Å². The van der Waals surface area contributed by atoms with Crippen LogP contribution in [0.3, 0.4) is 0 Å². The molecular formula is C11H21NO3. The fraction of sp³-hybridized carbons (Fsp3) is 0.909. The summed E-state index contributed by atoms with van der Waals surface area (Å²) in [6, 6.07) is 0.0369. The fourth-order valence-electron chi connectivity index (χ4n) is 1.70. The van der Waals surface area contributed by atoms with Crippen LogP contribution >= 0.6 is 0 Å². The minimum absolute atomic E-state index is 0.0369. The van der Waals surface area contributed by atoms with Gasteiger partial charge in [-0.25, -0.2) is 4.79 Å². The first-order valence-electron chi connectivity index (χ1n) is 5.40. The van der Waals surface area contributed by atoms with Crippen LogP contribution in [-0.2, 0) is 4.74 Å². The molecule has 1 aliphatic heterocycles. The number of nitrogens with zero attached hydrogens (tertiary/aromatic N) is 1. The third kappa shape index (κ3) is 2.84.